The van der Waals surface area contributed by atoms with Crippen molar-refractivity contribution in [1.82, 2.24) is 0 Å². The minimum Gasteiger partial charge on any atom is -0.360 e. The maximum absolute atomic E-state index is 12.0. The average molecular weight is 241 g/mol. The molecule has 1 amide bonds. The van der Waals surface area contributed by atoms with E-state index in [4.69, 9.17) is 5.73 Å². The van der Waals surface area contributed by atoms with Gasteiger partial charge in [-0.1, -0.05) is 30.3 Å². The molecule has 90 valence electrons. The first kappa shape index (κ1) is 12.0. The molecule has 0 atom stereocenters. The van der Waals surface area contributed by atoms with Crippen LogP contribution in [0.4, 0.5) is 0 Å². The minimum atomic E-state index is -0.545. The van der Waals surface area contributed by atoms with Gasteiger partial charge in [-0.05, 0) is 6.07 Å². The molecule has 0 aliphatic heterocycles. The van der Waals surface area contributed by atoms with Gasteiger partial charge in [-0.2, -0.15) is 4.57 Å². The molecule has 0 spiro atoms. The summed E-state index contributed by atoms with van der Waals surface area (Å²) in [5, 5.41) is 0. The topological polar surface area (TPSA) is 64.0 Å². The molecule has 0 aliphatic rings. The molecular weight excluding hydrogens is 228 g/mol. The van der Waals surface area contributed by atoms with Crippen LogP contribution in [0.1, 0.15) is 20.8 Å². The standard InChI is InChI=1S/C14H12N2O2/c15-14(18)12-8-4-5-9-16(12)10-13(17)11-6-2-1-3-7-11/h1-9H,10H2,(H-,15,18)/p+1. The van der Waals surface area contributed by atoms with Gasteiger partial charge in [0.05, 0.1) is 0 Å². The molecule has 0 aliphatic carbocycles. The molecule has 0 unspecified atom stereocenters. The maximum Gasteiger partial charge on any atom is 0.313 e. The highest BCUT2D eigenvalue weighted by Crippen LogP contribution is 2.00. The van der Waals surface area contributed by atoms with E-state index in [1.807, 2.05) is 6.07 Å². The van der Waals surface area contributed by atoms with Crippen molar-refractivity contribution in [2.75, 3.05) is 0 Å². The van der Waals surface area contributed by atoms with Gasteiger partial charge in [0.2, 0.25) is 12.3 Å². The highest BCUT2D eigenvalue weighted by atomic mass is 16.1. The van der Waals surface area contributed by atoms with Gasteiger partial charge in [0.15, 0.2) is 6.20 Å². The fourth-order valence-corrected chi connectivity index (χ4v) is 1.71. The molecule has 1 heterocycles. The first-order valence-corrected chi connectivity index (χ1v) is 5.55. The zero-order valence-electron chi connectivity index (χ0n) is 9.74. The van der Waals surface area contributed by atoms with E-state index in [-0.39, 0.29) is 12.3 Å². The number of nitrogens with two attached hydrogens (primary N) is 1. The number of carbonyl (C=O) groups is 2. The van der Waals surface area contributed by atoms with Crippen molar-refractivity contribution < 1.29 is 14.2 Å². The Kier molecular flexibility index (Phi) is 3.48. The summed E-state index contributed by atoms with van der Waals surface area (Å²) in [7, 11) is 0. The lowest BCUT2D eigenvalue weighted by Gasteiger charge is -2.00. The molecule has 0 saturated carbocycles. The van der Waals surface area contributed by atoms with E-state index < -0.39 is 5.91 Å². The van der Waals surface area contributed by atoms with Crippen molar-refractivity contribution in [3.8, 4) is 0 Å². The molecular formula is C14H13N2O2+. The molecule has 1 aromatic heterocycles. The van der Waals surface area contributed by atoms with Gasteiger partial charge in [-0.25, -0.2) is 0 Å². The Hall–Kier alpha value is -2.49. The van der Waals surface area contributed by atoms with Crippen LogP contribution < -0.4 is 10.3 Å². The van der Waals surface area contributed by atoms with E-state index in [2.05, 4.69) is 0 Å². The van der Waals surface area contributed by atoms with Crippen LogP contribution in [0.2, 0.25) is 0 Å². The average Bonchev–Trinajstić information content (AvgIpc) is 2.40. The molecule has 0 bridgehead atoms. The Morgan fingerprint density at radius 2 is 1.67 bits per heavy atom. The lowest BCUT2D eigenvalue weighted by molar-refractivity contribution is -0.685. The third-order valence-electron chi connectivity index (χ3n) is 2.60. The number of carbonyl (C=O) groups excluding carboxylic acids is 2. The number of benzene rings is 1. The van der Waals surface area contributed by atoms with Gasteiger partial charge < -0.3 is 5.73 Å². The number of pyridine rings is 1. The van der Waals surface area contributed by atoms with Crippen molar-refractivity contribution in [3.63, 3.8) is 0 Å². The Morgan fingerprint density at radius 3 is 2.33 bits per heavy atom. The summed E-state index contributed by atoms with van der Waals surface area (Å²) >= 11 is 0. The largest absolute Gasteiger partial charge is 0.360 e. The number of amides is 1. The molecule has 1 aromatic carbocycles. The second kappa shape index (κ2) is 5.23. The monoisotopic (exact) mass is 241 g/mol. The van der Waals surface area contributed by atoms with E-state index in [0.717, 1.165) is 0 Å². The fourth-order valence-electron chi connectivity index (χ4n) is 1.71. The predicted octanol–water partition coefficient (Wildman–Crippen LogP) is 0.956. The highest BCUT2D eigenvalue weighted by Gasteiger charge is 2.19. The third-order valence-corrected chi connectivity index (χ3v) is 2.60. The van der Waals surface area contributed by atoms with Crippen LogP contribution in [-0.4, -0.2) is 11.7 Å². The number of Topliss-reactive ketones (excluding diaryl/α,β-unsaturated/α-hetero) is 1. The molecule has 0 fully saturated rings. The van der Waals surface area contributed by atoms with Gasteiger partial charge in [-0.15, -0.1) is 0 Å². The third kappa shape index (κ3) is 2.60. The number of rotatable bonds is 4. The molecule has 4 nitrogen and oxygen atoms in total. The molecule has 4 heteroatoms. The fraction of sp³-hybridized carbons (Fsp3) is 0.0714. The normalized spacial score (nSPS) is 10.0. The van der Waals surface area contributed by atoms with Gasteiger partial charge in [0.1, 0.15) is 0 Å². The molecule has 2 aromatic rings. The van der Waals surface area contributed by atoms with Crippen LogP contribution in [0.5, 0.6) is 0 Å². The summed E-state index contributed by atoms with van der Waals surface area (Å²) < 4.78 is 1.55. The highest BCUT2D eigenvalue weighted by molar-refractivity contribution is 5.95. The van der Waals surface area contributed by atoms with Crippen LogP contribution in [0.15, 0.2) is 54.7 Å². The Balaban J connectivity index is 2.25. The molecule has 2 rings (SSSR count). The quantitative estimate of drug-likeness (QED) is 0.640. The second-order valence-corrected chi connectivity index (χ2v) is 3.87. The van der Waals surface area contributed by atoms with Crippen LogP contribution in [-0.2, 0) is 6.54 Å². The number of aromatic nitrogens is 1. The van der Waals surface area contributed by atoms with Crippen molar-refractivity contribution in [3.05, 3.63) is 66.0 Å². The summed E-state index contributed by atoms with van der Waals surface area (Å²) in [6.45, 7) is 0.100. The maximum atomic E-state index is 12.0. The Labute approximate surface area is 105 Å². The summed E-state index contributed by atoms with van der Waals surface area (Å²) in [6.07, 6.45) is 1.67. The number of hydrogen-bond acceptors (Lipinski definition) is 2. The number of hydrogen-bond donors (Lipinski definition) is 1. The second-order valence-electron chi connectivity index (χ2n) is 3.87. The van der Waals surface area contributed by atoms with Gasteiger partial charge in [0.25, 0.3) is 5.69 Å². The van der Waals surface area contributed by atoms with Crippen molar-refractivity contribution in [1.29, 1.82) is 0 Å². The van der Waals surface area contributed by atoms with Gasteiger partial charge in [0, 0.05) is 17.7 Å². The Bertz CT molecular complexity index is 579. The first-order chi connectivity index (χ1) is 8.68. The summed E-state index contributed by atoms with van der Waals surface area (Å²) in [6, 6.07) is 14.0. The number of primary amides is 1. The minimum absolute atomic E-state index is 0.0608. The van der Waals surface area contributed by atoms with Crippen LogP contribution >= 0.6 is 0 Å². The lowest BCUT2D eigenvalue weighted by Crippen LogP contribution is -2.44. The van der Waals surface area contributed by atoms with E-state index in [0.29, 0.717) is 11.3 Å². The predicted molar refractivity (Wildman–Crippen MR) is 65.9 cm³/mol. The lowest BCUT2D eigenvalue weighted by atomic mass is 10.1. The molecule has 0 saturated heterocycles. The number of ketones is 1. The zero-order valence-corrected chi connectivity index (χ0v) is 9.74. The SMILES string of the molecule is NC(=O)c1cccc[n+]1CC(=O)c1ccccc1. The van der Waals surface area contributed by atoms with E-state index in [1.165, 1.54) is 0 Å². The van der Waals surface area contributed by atoms with Crippen molar-refractivity contribution >= 4 is 11.7 Å². The Morgan fingerprint density at radius 1 is 1.00 bits per heavy atom. The van der Waals surface area contributed by atoms with Gasteiger partial charge >= 0.3 is 5.91 Å². The van der Waals surface area contributed by atoms with Crippen LogP contribution in [0, 0.1) is 0 Å². The summed E-state index contributed by atoms with van der Waals surface area (Å²) in [5.74, 6) is -0.606. The molecule has 2 N–H and O–H groups in total. The van der Waals surface area contributed by atoms with E-state index >= 15 is 0 Å². The zero-order chi connectivity index (χ0) is 13.0. The van der Waals surface area contributed by atoms with Crippen LogP contribution in [0.25, 0.3) is 0 Å². The molecule has 0 radical (unpaired) electrons. The summed E-state index contributed by atoms with van der Waals surface area (Å²) in [4.78, 5) is 23.2. The first-order valence-electron chi connectivity index (χ1n) is 5.55. The van der Waals surface area contributed by atoms with Crippen molar-refractivity contribution in [2.45, 2.75) is 6.54 Å². The molecule has 18 heavy (non-hydrogen) atoms. The van der Waals surface area contributed by atoms with Crippen molar-refractivity contribution in [2.24, 2.45) is 5.73 Å². The van der Waals surface area contributed by atoms with E-state index in [9.17, 15) is 9.59 Å². The smallest absolute Gasteiger partial charge is 0.313 e. The number of nitrogens with zero attached hydrogens (tertiary/aromatic N) is 1. The van der Waals surface area contributed by atoms with Gasteiger partial charge in [-0.3, -0.25) is 9.59 Å². The van der Waals surface area contributed by atoms with Crippen LogP contribution in [0.3, 0.4) is 0 Å². The van der Waals surface area contributed by atoms with E-state index in [1.54, 1.807) is 53.2 Å². The summed E-state index contributed by atoms with van der Waals surface area (Å²) in [5.41, 5.74) is 6.19.